The fraction of sp³-hybridized carbons (Fsp3) is 0.570. The van der Waals surface area contributed by atoms with Gasteiger partial charge in [0.25, 0.3) is 0 Å². The fourth-order valence-corrected chi connectivity index (χ4v) is 16.4. The molecule has 0 aliphatic carbocycles. The highest BCUT2D eigenvalue weighted by Crippen LogP contribution is 2.31. The molecule has 14 atom stereocenters. The van der Waals surface area contributed by atoms with E-state index >= 15 is 0 Å². The van der Waals surface area contributed by atoms with Crippen molar-refractivity contribution >= 4 is 82.8 Å². The largest absolute Gasteiger partial charge is 0.461 e. The molecule has 0 spiro atoms. The van der Waals surface area contributed by atoms with Crippen LogP contribution in [0.15, 0.2) is 91.3 Å². The van der Waals surface area contributed by atoms with Crippen LogP contribution in [0, 0.1) is 18.8 Å². The number of hydrogen-bond acceptors (Lipinski definition) is 18. The predicted octanol–water partition coefficient (Wildman–Crippen LogP) is 1.14. The molecule has 8 saturated heterocycles. The summed E-state index contributed by atoms with van der Waals surface area (Å²) in [5.74, 6) is -7.65. The Morgan fingerprint density at radius 3 is 1.32 bits per heavy atom. The number of carbonyl (C=O) groups is 14. The lowest BCUT2D eigenvalue weighted by Crippen LogP contribution is -2.62. The third kappa shape index (κ3) is 19.5. The summed E-state index contributed by atoms with van der Waals surface area (Å²) < 4.78 is 13.3. The van der Waals surface area contributed by atoms with Crippen molar-refractivity contribution in [2.24, 2.45) is 11.8 Å². The molecule has 110 heavy (non-hydrogen) atoms. The van der Waals surface area contributed by atoms with Crippen LogP contribution < -0.4 is 31.9 Å². The van der Waals surface area contributed by atoms with Crippen molar-refractivity contribution in [2.45, 2.75) is 223 Å². The molecule has 0 saturated carbocycles. The molecule has 8 aliphatic rings. The van der Waals surface area contributed by atoms with Gasteiger partial charge in [0.15, 0.2) is 0 Å². The Morgan fingerprint density at radius 1 is 0.482 bits per heavy atom. The number of aromatic nitrogens is 3. The minimum Gasteiger partial charge on any atom is -0.461 e. The lowest BCUT2D eigenvalue weighted by molar-refractivity contribution is -0.158. The molecule has 12 amide bonds. The van der Waals surface area contributed by atoms with E-state index in [0.29, 0.717) is 108 Å². The van der Waals surface area contributed by atoms with Gasteiger partial charge < -0.3 is 70.8 Å². The quantitative estimate of drug-likeness (QED) is 0.0909. The summed E-state index contributed by atoms with van der Waals surface area (Å²) in [7, 11) is 0. The molecule has 8 fully saturated rings. The highest BCUT2D eigenvalue weighted by Gasteiger charge is 2.49. The predicted molar refractivity (Wildman–Crippen MR) is 396 cm³/mol. The van der Waals surface area contributed by atoms with Crippen LogP contribution in [0.4, 0.5) is 0 Å². The summed E-state index contributed by atoms with van der Waals surface area (Å²) in [6.07, 6.45) is 9.20. The summed E-state index contributed by atoms with van der Waals surface area (Å²) >= 11 is 0. The standard InChI is InChI=1S/C40H54N8O8.C39H49N7O8/c1-5-48-25(3)19-28(44-48)21-34(49)42-29(20-27-12-7-6-8-13-27)35(50)43-30-23-56-40(55)33-18-24(2)22-47(33)37(52)26(4)41-36(51)31-14-9-10-16-45(31)39(54)32-15-11-17-46(32)38(30)53;1-24-19-32-39(53)54-23-29(43-34(48)28(20-26-9-4-3-5-10-26)42-33(47)21-27-13-15-40-16-14-27)37(51)45-18-8-12-31(45)38(52)44-17-7-6-11-30(44)35(49)41-25(2)36(50)46(32)22-24/h6-8,12-13,19,24,26,29-33H,5,9-11,14-18,20-23H2,1-4H3,(H,41,51)(H,42,49)(H,43,50);3-5,9-10,13-16,24-25,28-32H,6-8,11-12,17-23H2,1-2H3,(H,41,49)(H,42,47)(H,43,48)/t24-,26+,29+,30+,31+,32+,33+;24-,25+,28+,29+,30+,31+,32+/m11/s1. The van der Waals surface area contributed by atoms with Crippen LogP contribution in [0.2, 0.25) is 0 Å². The molecule has 2 aromatic heterocycles. The van der Waals surface area contributed by atoms with Gasteiger partial charge in [-0.3, -0.25) is 67.2 Å². The highest BCUT2D eigenvalue weighted by atomic mass is 16.5. The maximum atomic E-state index is 14.5. The molecule has 2 aromatic carbocycles. The number of ether oxygens (including phenoxy) is 2. The average Bonchev–Trinajstić information content (AvgIpc) is 1.49. The number of nitrogens with zero attached hydrogens (tertiary/aromatic N) is 9. The van der Waals surface area contributed by atoms with Crippen LogP contribution in [-0.4, -0.2) is 252 Å². The first-order valence-corrected chi connectivity index (χ1v) is 38.8. The van der Waals surface area contributed by atoms with Crippen molar-refractivity contribution < 1.29 is 76.6 Å². The zero-order valence-corrected chi connectivity index (χ0v) is 63.5. The number of cyclic esters (lactones) is 2. The number of benzene rings is 2. The van der Waals surface area contributed by atoms with Crippen molar-refractivity contribution in [1.29, 1.82) is 0 Å². The summed E-state index contributed by atoms with van der Waals surface area (Å²) in [5.41, 5.74) is 3.66. The van der Waals surface area contributed by atoms with Gasteiger partial charge >= 0.3 is 11.9 Å². The van der Waals surface area contributed by atoms with Crippen LogP contribution in [0.1, 0.15) is 140 Å². The minimum absolute atomic E-state index is 0.0121. The van der Waals surface area contributed by atoms with E-state index in [1.54, 1.807) is 43.1 Å². The monoisotopic (exact) mass is 1520 g/mol. The minimum atomic E-state index is -1.42. The molecule has 12 rings (SSSR count). The van der Waals surface area contributed by atoms with E-state index in [2.05, 4.69) is 42.0 Å². The number of piperidine rings is 2. The second-order valence-electron chi connectivity index (χ2n) is 30.4. The average molecular weight is 1520 g/mol. The molecule has 590 valence electrons. The number of rotatable bonds is 15. The first-order valence-electron chi connectivity index (χ1n) is 38.8. The Morgan fingerprint density at radius 2 is 0.891 bits per heavy atom. The number of hydrogen-bond donors (Lipinski definition) is 6. The molecule has 6 N–H and O–H groups in total. The summed E-state index contributed by atoms with van der Waals surface area (Å²) in [5, 5.41) is 21.2. The van der Waals surface area contributed by atoms with E-state index in [9.17, 15) is 67.1 Å². The van der Waals surface area contributed by atoms with E-state index in [0.717, 1.165) is 16.8 Å². The topological polar surface area (TPSA) is 380 Å². The molecule has 8 aliphatic heterocycles. The van der Waals surface area contributed by atoms with Crippen LogP contribution in [0.3, 0.4) is 0 Å². The summed E-state index contributed by atoms with van der Waals surface area (Å²) in [4.78, 5) is 207. The first-order chi connectivity index (χ1) is 52.8. The smallest absolute Gasteiger partial charge is 0.328 e. The Labute approximate surface area is 639 Å². The van der Waals surface area contributed by atoms with Crippen LogP contribution in [-0.2, 0) is 109 Å². The van der Waals surface area contributed by atoms with E-state index in [-0.39, 0.29) is 75.5 Å². The molecular weight excluding hydrogens is 1410 g/mol. The van der Waals surface area contributed by atoms with Gasteiger partial charge in [-0.05, 0) is 151 Å². The third-order valence-corrected chi connectivity index (χ3v) is 22.1. The molecule has 0 bridgehead atoms. The summed E-state index contributed by atoms with van der Waals surface area (Å²) in [6, 6.07) is 11.0. The lowest BCUT2D eigenvalue weighted by Gasteiger charge is -2.39. The number of aryl methyl sites for hydroxylation is 2. The van der Waals surface area contributed by atoms with Crippen molar-refractivity contribution in [1.82, 2.24) is 76.1 Å². The number of esters is 2. The van der Waals surface area contributed by atoms with E-state index < -0.39 is 157 Å². The summed E-state index contributed by atoms with van der Waals surface area (Å²) in [6.45, 7) is 11.9. The fourth-order valence-electron chi connectivity index (χ4n) is 16.4. The Hall–Kier alpha value is -10.6. The van der Waals surface area contributed by atoms with Crippen LogP contribution in [0.5, 0.6) is 0 Å². The van der Waals surface area contributed by atoms with E-state index in [1.807, 2.05) is 94.4 Å². The van der Waals surface area contributed by atoms with Gasteiger partial charge in [0, 0.05) is 76.7 Å². The maximum absolute atomic E-state index is 14.5. The molecule has 31 nitrogen and oxygen atoms in total. The van der Waals surface area contributed by atoms with Gasteiger partial charge in [0.05, 0.1) is 18.5 Å². The van der Waals surface area contributed by atoms with Crippen molar-refractivity contribution in [3.63, 3.8) is 0 Å². The van der Waals surface area contributed by atoms with Crippen LogP contribution in [0.25, 0.3) is 0 Å². The van der Waals surface area contributed by atoms with Gasteiger partial charge in [-0.25, -0.2) is 9.59 Å². The van der Waals surface area contributed by atoms with Gasteiger partial charge in [-0.15, -0.1) is 0 Å². The van der Waals surface area contributed by atoms with Gasteiger partial charge in [-0.1, -0.05) is 74.5 Å². The number of nitrogens with one attached hydrogen (secondary N) is 6. The molecule has 4 aromatic rings. The van der Waals surface area contributed by atoms with Crippen molar-refractivity contribution in [2.75, 3.05) is 52.5 Å². The molecule has 10 heterocycles. The normalized spacial score (nSPS) is 27.1. The molecular formula is C79H103N15O16. The Balaban J connectivity index is 0.000000218. The Kier molecular flexibility index (Phi) is 26.8. The zero-order valence-electron chi connectivity index (χ0n) is 63.5. The number of amides is 12. The number of pyridine rings is 1. The number of carbonyl (C=O) groups excluding carboxylic acids is 14. The van der Waals surface area contributed by atoms with Gasteiger partial charge in [0.2, 0.25) is 70.9 Å². The van der Waals surface area contributed by atoms with E-state index in [1.165, 1.54) is 29.4 Å². The highest BCUT2D eigenvalue weighted by molar-refractivity contribution is 6.00. The zero-order chi connectivity index (χ0) is 78.4. The first kappa shape index (κ1) is 80.4. The lowest BCUT2D eigenvalue weighted by atomic mass is 9.99. The van der Waals surface area contributed by atoms with Gasteiger partial charge in [0.1, 0.15) is 85.7 Å². The van der Waals surface area contributed by atoms with E-state index in [4.69, 9.17) is 9.47 Å². The van der Waals surface area contributed by atoms with Crippen molar-refractivity contribution in [3.05, 3.63) is 119 Å². The second kappa shape index (κ2) is 36.7. The maximum Gasteiger partial charge on any atom is 0.328 e. The Bertz CT molecular complexity index is 4050. The van der Waals surface area contributed by atoms with Gasteiger partial charge in [-0.2, -0.15) is 5.10 Å². The van der Waals surface area contributed by atoms with Crippen LogP contribution >= 0.6 is 0 Å². The second-order valence-corrected chi connectivity index (χ2v) is 30.4. The molecule has 0 unspecified atom stereocenters. The molecule has 31 heteroatoms. The number of fused-ring (bicyclic) bond motifs is 6. The third-order valence-electron chi connectivity index (χ3n) is 22.1. The molecule has 0 radical (unpaired) electrons. The van der Waals surface area contributed by atoms with Crippen molar-refractivity contribution in [3.8, 4) is 0 Å². The SMILES string of the molecule is CCn1nc(CC(=O)N[C@@H](Cc2ccccc2)C(=O)N[C@H]2COC(=O)[C@@H]3C[C@@H](C)CN3C(=O)[C@H](C)NC(=O)[C@@H]3CCCCN3C(=O)[C@@H]3CCCN3C2=O)cc1C.C[C@@H]1C[C@H]2C(=O)OC[C@H](NC(=O)[C@H](Cc3ccccc3)NC(=O)Cc3ccncc3)C(=O)N3CCC[C@H]3C(=O)N3CCCC[C@H]3C(=O)N[C@@H](C)C(=O)N2C1.